The molecule has 1 rings (SSSR count). The quantitative estimate of drug-likeness (QED) is 0.907. The Kier molecular flexibility index (Phi) is 5.04. The van der Waals surface area contributed by atoms with E-state index in [9.17, 15) is 21.6 Å². The molecule has 0 saturated carbocycles. The normalized spacial score (nSPS) is 14.3. The van der Waals surface area contributed by atoms with E-state index < -0.39 is 20.2 Å². The molecule has 1 aromatic rings. The van der Waals surface area contributed by atoms with Gasteiger partial charge >= 0.3 is 5.51 Å². The van der Waals surface area contributed by atoms with Crippen LogP contribution in [-0.2, 0) is 9.84 Å². The van der Waals surface area contributed by atoms with Crippen LogP contribution < -0.4 is 5.32 Å². The number of nitrogens with zero attached hydrogens (tertiary/aromatic N) is 1. The second-order valence-corrected chi connectivity index (χ2v) is 6.66. The number of anilines is 1. The van der Waals surface area contributed by atoms with Crippen molar-refractivity contribution in [3.63, 3.8) is 0 Å². The number of sulfone groups is 1. The summed E-state index contributed by atoms with van der Waals surface area (Å²) in [6, 6.07) is 4.83. The van der Waals surface area contributed by atoms with Crippen molar-refractivity contribution in [1.29, 1.82) is 0 Å². The van der Waals surface area contributed by atoms with E-state index in [0.717, 1.165) is 6.07 Å². The molecular formula is C12H17F3N2O2S. The highest BCUT2D eigenvalue weighted by Crippen LogP contribution is 2.34. The first-order valence-corrected chi connectivity index (χ1v) is 7.35. The highest BCUT2D eigenvalue weighted by molar-refractivity contribution is 7.92. The van der Waals surface area contributed by atoms with Crippen molar-refractivity contribution in [3.8, 4) is 0 Å². The van der Waals surface area contributed by atoms with E-state index in [4.69, 9.17) is 0 Å². The molecule has 0 radical (unpaired) electrons. The Labute approximate surface area is 116 Å². The Morgan fingerprint density at radius 2 is 1.80 bits per heavy atom. The Hall–Kier alpha value is -1.28. The van der Waals surface area contributed by atoms with Gasteiger partial charge in [-0.25, -0.2) is 8.42 Å². The smallest absolute Gasteiger partial charge is 0.380 e. The van der Waals surface area contributed by atoms with Crippen molar-refractivity contribution in [2.45, 2.75) is 23.4 Å². The molecule has 0 aliphatic carbocycles. The number of alkyl halides is 3. The lowest BCUT2D eigenvalue weighted by molar-refractivity contribution is -0.0435. The number of rotatable bonds is 5. The number of hydrogen-bond acceptors (Lipinski definition) is 4. The molecule has 1 unspecified atom stereocenters. The van der Waals surface area contributed by atoms with Crippen molar-refractivity contribution < 1.29 is 21.6 Å². The van der Waals surface area contributed by atoms with Crippen LogP contribution in [0, 0.1) is 0 Å². The van der Waals surface area contributed by atoms with E-state index in [1.54, 1.807) is 6.92 Å². The van der Waals surface area contributed by atoms with E-state index in [1.165, 1.54) is 18.2 Å². The van der Waals surface area contributed by atoms with Crippen molar-refractivity contribution in [2.75, 3.05) is 26.0 Å². The summed E-state index contributed by atoms with van der Waals surface area (Å²) >= 11 is 0. The van der Waals surface area contributed by atoms with Gasteiger partial charge in [0.25, 0.3) is 9.84 Å². The highest BCUT2D eigenvalue weighted by Gasteiger charge is 2.47. The van der Waals surface area contributed by atoms with E-state index in [1.807, 2.05) is 19.0 Å². The number of hydrogen-bond donors (Lipinski definition) is 1. The fourth-order valence-electron chi connectivity index (χ4n) is 1.80. The van der Waals surface area contributed by atoms with Crippen molar-refractivity contribution in [3.05, 3.63) is 24.3 Å². The zero-order valence-electron chi connectivity index (χ0n) is 11.4. The molecule has 114 valence electrons. The highest BCUT2D eigenvalue weighted by atomic mass is 32.2. The third-order valence-electron chi connectivity index (χ3n) is 2.52. The van der Waals surface area contributed by atoms with Crippen molar-refractivity contribution >= 4 is 15.5 Å². The van der Waals surface area contributed by atoms with Crippen molar-refractivity contribution in [2.24, 2.45) is 0 Å². The molecule has 0 saturated heterocycles. The number of benzene rings is 1. The Balaban J connectivity index is 3.13. The van der Waals surface area contributed by atoms with Crippen LogP contribution >= 0.6 is 0 Å². The molecule has 0 bridgehead atoms. The third kappa shape index (κ3) is 3.86. The first kappa shape index (κ1) is 16.8. The van der Waals surface area contributed by atoms with Gasteiger partial charge < -0.3 is 10.2 Å². The summed E-state index contributed by atoms with van der Waals surface area (Å²) in [6.07, 6.45) is 0. The second kappa shape index (κ2) is 6.01. The van der Waals surface area contributed by atoms with Gasteiger partial charge in [0.1, 0.15) is 0 Å². The van der Waals surface area contributed by atoms with Gasteiger partial charge in [-0.1, -0.05) is 12.1 Å². The molecular weight excluding hydrogens is 293 g/mol. The largest absolute Gasteiger partial charge is 0.501 e. The van der Waals surface area contributed by atoms with Gasteiger partial charge in [-0.05, 0) is 33.2 Å². The van der Waals surface area contributed by atoms with Crippen LogP contribution in [0.4, 0.5) is 18.9 Å². The monoisotopic (exact) mass is 310 g/mol. The maximum Gasteiger partial charge on any atom is 0.501 e. The molecule has 0 aliphatic rings. The number of para-hydroxylation sites is 1. The van der Waals surface area contributed by atoms with Gasteiger partial charge in [0.2, 0.25) is 0 Å². The zero-order valence-corrected chi connectivity index (χ0v) is 12.2. The minimum absolute atomic E-state index is 0.0424. The molecule has 8 heteroatoms. The molecule has 1 N–H and O–H groups in total. The fraction of sp³-hybridized carbons (Fsp3) is 0.500. The van der Waals surface area contributed by atoms with Crippen LogP contribution in [0.15, 0.2) is 29.2 Å². The van der Waals surface area contributed by atoms with Crippen LogP contribution in [0.5, 0.6) is 0 Å². The first-order valence-electron chi connectivity index (χ1n) is 5.87. The van der Waals surface area contributed by atoms with Crippen LogP contribution in [0.2, 0.25) is 0 Å². The van der Waals surface area contributed by atoms with Gasteiger partial charge in [-0.2, -0.15) is 13.2 Å². The topological polar surface area (TPSA) is 49.4 Å². The van der Waals surface area contributed by atoms with Gasteiger partial charge in [0, 0.05) is 12.6 Å². The maximum absolute atomic E-state index is 12.6. The number of nitrogens with one attached hydrogen (secondary N) is 1. The van der Waals surface area contributed by atoms with E-state index in [-0.39, 0.29) is 11.7 Å². The molecule has 0 aliphatic heterocycles. The van der Waals surface area contributed by atoms with E-state index in [0.29, 0.717) is 6.54 Å². The summed E-state index contributed by atoms with van der Waals surface area (Å²) in [5, 5.41) is 2.80. The predicted octanol–water partition coefficient (Wildman–Crippen LogP) is 2.34. The van der Waals surface area contributed by atoms with E-state index in [2.05, 4.69) is 5.32 Å². The second-order valence-electron chi connectivity index (χ2n) is 4.75. The fourth-order valence-corrected chi connectivity index (χ4v) is 2.73. The van der Waals surface area contributed by atoms with Gasteiger partial charge in [0.05, 0.1) is 10.6 Å². The minimum Gasteiger partial charge on any atom is -0.380 e. The van der Waals surface area contributed by atoms with Crippen LogP contribution in [-0.4, -0.2) is 45.5 Å². The maximum atomic E-state index is 12.6. The Bertz CT molecular complexity index is 556. The molecule has 0 aromatic heterocycles. The Morgan fingerprint density at radius 3 is 2.30 bits per heavy atom. The summed E-state index contributed by atoms with van der Waals surface area (Å²) in [5.41, 5.74) is -5.35. The van der Waals surface area contributed by atoms with E-state index >= 15 is 0 Å². The molecule has 1 atom stereocenters. The van der Waals surface area contributed by atoms with Crippen LogP contribution in [0.1, 0.15) is 6.92 Å². The minimum atomic E-state index is -5.36. The lowest BCUT2D eigenvalue weighted by Gasteiger charge is -2.21. The van der Waals surface area contributed by atoms with Gasteiger partial charge in [0.15, 0.2) is 0 Å². The van der Waals surface area contributed by atoms with Crippen LogP contribution in [0.25, 0.3) is 0 Å². The molecule has 0 spiro atoms. The third-order valence-corrected chi connectivity index (χ3v) is 4.07. The first-order chi connectivity index (χ1) is 9.05. The van der Waals surface area contributed by atoms with Gasteiger partial charge in [-0.3, -0.25) is 0 Å². The number of likely N-dealkylation sites (N-methyl/N-ethyl adjacent to an activating group) is 1. The molecule has 1 aromatic carbocycles. The molecule has 4 nitrogen and oxygen atoms in total. The Morgan fingerprint density at radius 1 is 1.25 bits per heavy atom. The van der Waals surface area contributed by atoms with Crippen molar-refractivity contribution in [1.82, 2.24) is 4.90 Å². The predicted molar refractivity (Wildman–Crippen MR) is 71.3 cm³/mol. The average molecular weight is 310 g/mol. The standard InChI is InChI=1S/C12H17F3N2O2S/c1-9(8-17(2)3)16-10-6-4-5-7-11(10)20(18,19)12(13,14)15/h4-7,9,16H,8H2,1-3H3. The molecule has 0 fully saturated rings. The summed E-state index contributed by atoms with van der Waals surface area (Å²) in [6.45, 7) is 2.32. The molecule has 20 heavy (non-hydrogen) atoms. The zero-order chi connectivity index (χ0) is 15.6. The summed E-state index contributed by atoms with van der Waals surface area (Å²) in [5.74, 6) is 0. The summed E-state index contributed by atoms with van der Waals surface area (Å²) in [7, 11) is -1.73. The van der Waals surface area contributed by atoms with Gasteiger partial charge in [-0.15, -0.1) is 0 Å². The SMILES string of the molecule is CC(CN(C)C)Nc1ccccc1S(=O)(=O)C(F)(F)F. The summed E-state index contributed by atoms with van der Waals surface area (Å²) < 4.78 is 60.9. The summed E-state index contributed by atoms with van der Waals surface area (Å²) in [4.78, 5) is 1.09. The molecule has 0 heterocycles. The lowest BCUT2D eigenvalue weighted by Crippen LogP contribution is -2.31. The molecule has 0 amide bonds. The number of halogens is 3. The lowest BCUT2D eigenvalue weighted by atomic mass is 10.2. The average Bonchev–Trinajstić information content (AvgIpc) is 2.26. The van der Waals surface area contributed by atoms with Crippen LogP contribution in [0.3, 0.4) is 0 Å².